The molecule has 0 bridgehead atoms. The highest BCUT2D eigenvalue weighted by atomic mass is 35.5. The van der Waals surface area contributed by atoms with Crippen molar-refractivity contribution in [1.29, 1.82) is 0 Å². The summed E-state index contributed by atoms with van der Waals surface area (Å²) < 4.78 is 0. The first-order chi connectivity index (χ1) is 11.0. The van der Waals surface area contributed by atoms with Gasteiger partial charge in [0.15, 0.2) is 5.17 Å². The van der Waals surface area contributed by atoms with Crippen LogP contribution in [0.4, 0.5) is 5.69 Å². The van der Waals surface area contributed by atoms with E-state index in [0.29, 0.717) is 25.8 Å². The first kappa shape index (κ1) is 16.1. The molecule has 3 nitrogen and oxygen atoms in total. The van der Waals surface area contributed by atoms with Gasteiger partial charge in [-0.15, -0.1) is 0 Å². The first-order valence-corrected chi connectivity index (χ1v) is 8.40. The van der Waals surface area contributed by atoms with Gasteiger partial charge in [0, 0.05) is 5.02 Å². The number of benzene rings is 2. The second-order valence-electron chi connectivity index (χ2n) is 4.99. The highest BCUT2D eigenvalue weighted by Gasteiger charge is 2.24. The average molecular weight is 363 g/mol. The van der Waals surface area contributed by atoms with Crippen molar-refractivity contribution >= 4 is 57.8 Å². The van der Waals surface area contributed by atoms with Crippen LogP contribution in [0, 0.1) is 6.92 Å². The maximum Gasteiger partial charge on any atom is 0.264 e. The minimum atomic E-state index is -0.167. The van der Waals surface area contributed by atoms with E-state index >= 15 is 0 Å². The van der Waals surface area contributed by atoms with Gasteiger partial charge in [-0.25, -0.2) is 4.99 Å². The highest BCUT2D eigenvalue weighted by Crippen LogP contribution is 2.32. The van der Waals surface area contributed by atoms with Crippen LogP contribution in [0.2, 0.25) is 10.0 Å². The number of thioether (sulfide) groups is 1. The van der Waals surface area contributed by atoms with Crippen molar-refractivity contribution in [2.75, 3.05) is 0 Å². The number of rotatable bonds is 2. The Balaban J connectivity index is 1.84. The van der Waals surface area contributed by atoms with Crippen LogP contribution in [-0.4, -0.2) is 11.1 Å². The zero-order valence-electron chi connectivity index (χ0n) is 12.1. The van der Waals surface area contributed by atoms with Crippen molar-refractivity contribution in [3.8, 4) is 0 Å². The van der Waals surface area contributed by atoms with Crippen molar-refractivity contribution in [3.05, 3.63) is 68.5 Å². The lowest BCUT2D eigenvalue weighted by atomic mass is 10.1. The Morgan fingerprint density at radius 1 is 1.13 bits per heavy atom. The second kappa shape index (κ2) is 6.79. The highest BCUT2D eigenvalue weighted by molar-refractivity contribution is 8.18. The molecule has 23 heavy (non-hydrogen) atoms. The summed E-state index contributed by atoms with van der Waals surface area (Å²) in [6, 6.07) is 13.0. The number of carbonyl (C=O) groups is 1. The Hall–Kier alpha value is -1.75. The van der Waals surface area contributed by atoms with E-state index in [1.165, 1.54) is 17.3 Å². The van der Waals surface area contributed by atoms with Gasteiger partial charge in [-0.2, -0.15) is 0 Å². The predicted octanol–water partition coefficient (Wildman–Crippen LogP) is 5.19. The van der Waals surface area contributed by atoms with Crippen LogP contribution in [0.1, 0.15) is 11.1 Å². The molecule has 0 unspecified atom stereocenters. The number of nitrogens with zero attached hydrogens (tertiary/aromatic N) is 1. The van der Waals surface area contributed by atoms with Gasteiger partial charge in [-0.05, 0) is 48.5 Å². The molecule has 1 heterocycles. The van der Waals surface area contributed by atoms with Crippen LogP contribution >= 0.6 is 35.0 Å². The molecule has 0 atom stereocenters. The fourth-order valence-corrected chi connectivity index (χ4v) is 3.26. The summed E-state index contributed by atoms with van der Waals surface area (Å²) in [4.78, 5) is 17.0. The lowest BCUT2D eigenvalue weighted by Crippen LogP contribution is -2.19. The molecule has 1 amide bonds. The zero-order valence-corrected chi connectivity index (χ0v) is 14.5. The number of amides is 1. The second-order valence-corrected chi connectivity index (χ2v) is 6.86. The van der Waals surface area contributed by atoms with Crippen LogP contribution in [0.3, 0.4) is 0 Å². The largest absolute Gasteiger partial charge is 0.300 e. The quantitative estimate of drug-likeness (QED) is 0.746. The topological polar surface area (TPSA) is 41.5 Å². The summed E-state index contributed by atoms with van der Waals surface area (Å²) in [5.74, 6) is -0.167. The Morgan fingerprint density at radius 3 is 2.57 bits per heavy atom. The molecular formula is C17H12Cl2N2OS. The van der Waals surface area contributed by atoms with Gasteiger partial charge >= 0.3 is 0 Å². The van der Waals surface area contributed by atoms with Crippen LogP contribution < -0.4 is 5.32 Å². The molecule has 1 aliphatic heterocycles. The van der Waals surface area contributed by atoms with E-state index in [1.807, 2.05) is 37.3 Å². The molecule has 0 aromatic heterocycles. The van der Waals surface area contributed by atoms with Crippen LogP contribution in [0.5, 0.6) is 0 Å². The van der Waals surface area contributed by atoms with Crippen LogP contribution in [-0.2, 0) is 4.79 Å². The monoisotopic (exact) mass is 362 g/mol. The predicted molar refractivity (Wildman–Crippen MR) is 98.4 cm³/mol. The minimum Gasteiger partial charge on any atom is -0.300 e. The summed E-state index contributed by atoms with van der Waals surface area (Å²) in [6.07, 6.45) is 1.84. The summed E-state index contributed by atoms with van der Waals surface area (Å²) >= 11 is 13.2. The van der Waals surface area contributed by atoms with Gasteiger partial charge in [-0.3, -0.25) is 4.79 Å². The van der Waals surface area contributed by atoms with Gasteiger partial charge in [0.2, 0.25) is 0 Å². The normalized spacial score (nSPS) is 17.8. The molecule has 0 spiro atoms. The number of carbonyl (C=O) groups excluding carboxylic acids is 1. The van der Waals surface area contributed by atoms with Gasteiger partial charge in [0.25, 0.3) is 5.91 Å². The molecule has 0 radical (unpaired) electrons. The summed E-state index contributed by atoms with van der Waals surface area (Å²) in [5.41, 5.74) is 2.71. The lowest BCUT2D eigenvalue weighted by Gasteiger charge is -2.00. The van der Waals surface area contributed by atoms with E-state index in [0.717, 1.165) is 5.56 Å². The molecule has 1 fully saturated rings. The van der Waals surface area contributed by atoms with Crippen LogP contribution in [0.15, 0.2) is 52.4 Å². The summed E-state index contributed by atoms with van der Waals surface area (Å²) in [5, 5.41) is 4.22. The number of hydrogen-bond acceptors (Lipinski definition) is 3. The maximum absolute atomic E-state index is 12.1. The number of hydrogen-bond donors (Lipinski definition) is 1. The van der Waals surface area contributed by atoms with Crippen molar-refractivity contribution in [3.63, 3.8) is 0 Å². The summed E-state index contributed by atoms with van der Waals surface area (Å²) in [7, 11) is 0. The van der Waals surface area contributed by atoms with Gasteiger partial charge in [0.1, 0.15) is 0 Å². The Labute approximate surface area is 148 Å². The van der Waals surface area contributed by atoms with E-state index in [9.17, 15) is 4.79 Å². The van der Waals surface area contributed by atoms with E-state index < -0.39 is 0 Å². The van der Waals surface area contributed by atoms with E-state index in [2.05, 4.69) is 10.3 Å². The first-order valence-electron chi connectivity index (χ1n) is 6.82. The number of halogens is 2. The van der Waals surface area contributed by atoms with Gasteiger partial charge < -0.3 is 5.32 Å². The number of aliphatic imine (C=N–C) groups is 1. The van der Waals surface area contributed by atoms with E-state index in [1.54, 1.807) is 18.2 Å². The molecule has 1 saturated heterocycles. The fraction of sp³-hybridized carbons (Fsp3) is 0.0588. The van der Waals surface area contributed by atoms with Crippen LogP contribution in [0.25, 0.3) is 6.08 Å². The Kier molecular flexibility index (Phi) is 4.76. The number of amidine groups is 1. The molecule has 116 valence electrons. The smallest absolute Gasteiger partial charge is 0.264 e. The zero-order chi connectivity index (χ0) is 16.4. The summed E-state index contributed by atoms with van der Waals surface area (Å²) in [6.45, 7) is 2.02. The molecular weight excluding hydrogens is 351 g/mol. The van der Waals surface area contributed by atoms with Gasteiger partial charge in [0.05, 0.1) is 15.6 Å². The average Bonchev–Trinajstić information content (AvgIpc) is 2.84. The van der Waals surface area contributed by atoms with Crippen molar-refractivity contribution in [2.24, 2.45) is 4.99 Å². The molecule has 1 aliphatic rings. The number of aryl methyl sites for hydroxylation is 1. The third kappa shape index (κ3) is 3.96. The minimum absolute atomic E-state index is 0.167. The lowest BCUT2D eigenvalue weighted by molar-refractivity contribution is -0.115. The van der Waals surface area contributed by atoms with Crippen molar-refractivity contribution < 1.29 is 4.79 Å². The molecule has 1 N–H and O–H groups in total. The van der Waals surface area contributed by atoms with Crippen molar-refractivity contribution in [2.45, 2.75) is 6.92 Å². The molecule has 0 saturated carbocycles. The Morgan fingerprint density at radius 2 is 1.87 bits per heavy atom. The maximum atomic E-state index is 12.1. The fourth-order valence-electron chi connectivity index (χ4n) is 1.98. The van der Waals surface area contributed by atoms with E-state index in [-0.39, 0.29) is 5.91 Å². The Bertz CT molecular complexity index is 829. The third-order valence-corrected chi connectivity index (χ3v) is 4.61. The SMILES string of the molecule is Cc1ccc(/C=C2\SC(=Nc3ccc(Cl)cc3Cl)NC2=O)cc1. The molecule has 2 aromatic rings. The van der Waals surface area contributed by atoms with Gasteiger partial charge in [-0.1, -0.05) is 53.0 Å². The standard InChI is InChI=1S/C17H12Cl2N2OS/c1-10-2-4-11(5-3-10)8-15-16(22)21-17(23-15)20-14-7-6-12(18)9-13(14)19/h2-9H,1H3,(H,20,21,22)/b15-8-. The van der Waals surface area contributed by atoms with E-state index in [4.69, 9.17) is 23.2 Å². The molecule has 3 rings (SSSR count). The third-order valence-electron chi connectivity index (χ3n) is 3.16. The molecule has 6 heteroatoms. The number of nitrogens with one attached hydrogen (secondary N) is 1. The molecule has 0 aliphatic carbocycles. The van der Waals surface area contributed by atoms with Crippen molar-refractivity contribution in [1.82, 2.24) is 5.32 Å². The molecule has 2 aromatic carbocycles.